The summed E-state index contributed by atoms with van der Waals surface area (Å²) < 4.78 is 41.2. The van der Waals surface area contributed by atoms with Crippen LogP contribution >= 0.6 is 11.8 Å². The van der Waals surface area contributed by atoms with E-state index in [-0.39, 0.29) is 4.90 Å². The molecule has 3 aromatic carbocycles. The van der Waals surface area contributed by atoms with Gasteiger partial charge in [-0.25, -0.2) is 13.1 Å². The SMILES string of the molecule is COc1ccc(S(=O)(=O)NC(C)c2nnc(SCc3cccc(OC)c3)n2-c2ccc(C)cc2)cc1. The van der Waals surface area contributed by atoms with Crippen molar-refractivity contribution in [2.24, 2.45) is 0 Å². The molecule has 188 valence electrons. The molecule has 1 heterocycles. The fourth-order valence-corrected chi connectivity index (χ4v) is 5.71. The Kier molecular flexibility index (Phi) is 7.97. The molecular weight excluding hydrogens is 496 g/mol. The van der Waals surface area contributed by atoms with Crippen molar-refractivity contribution < 1.29 is 17.9 Å². The summed E-state index contributed by atoms with van der Waals surface area (Å²) in [6.07, 6.45) is 0. The molecule has 1 unspecified atom stereocenters. The first kappa shape index (κ1) is 25.7. The second-order valence-corrected chi connectivity index (χ2v) is 10.8. The topological polar surface area (TPSA) is 95.3 Å². The Labute approximate surface area is 215 Å². The number of methoxy groups -OCH3 is 2. The quantitative estimate of drug-likeness (QED) is 0.294. The molecule has 8 nitrogen and oxygen atoms in total. The van der Waals surface area contributed by atoms with Crippen LogP contribution in [-0.2, 0) is 15.8 Å². The summed E-state index contributed by atoms with van der Waals surface area (Å²) >= 11 is 1.52. The monoisotopic (exact) mass is 524 g/mol. The van der Waals surface area contributed by atoms with Crippen molar-refractivity contribution in [2.75, 3.05) is 14.2 Å². The molecular formula is C26H28N4O4S2. The van der Waals surface area contributed by atoms with Crippen LogP contribution in [-0.4, -0.2) is 37.4 Å². The van der Waals surface area contributed by atoms with Crippen LogP contribution in [0.3, 0.4) is 0 Å². The lowest BCUT2D eigenvalue weighted by molar-refractivity contribution is 0.414. The molecule has 0 radical (unpaired) electrons. The number of hydrogen-bond donors (Lipinski definition) is 1. The first-order chi connectivity index (χ1) is 17.3. The molecule has 0 spiro atoms. The minimum atomic E-state index is -3.80. The van der Waals surface area contributed by atoms with E-state index < -0.39 is 16.1 Å². The van der Waals surface area contributed by atoms with Crippen LogP contribution in [0.25, 0.3) is 5.69 Å². The predicted molar refractivity (Wildman–Crippen MR) is 140 cm³/mol. The Morgan fingerprint density at radius 3 is 2.31 bits per heavy atom. The first-order valence-corrected chi connectivity index (χ1v) is 13.7. The van der Waals surface area contributed by atoms with Crippen LogP contribution in [0.1, 0.15) is 29.9 Å². The molecule has 4 aromatic rings. The minimum Gasteiger partial charge on any atom is -0.497 e. The zero-order valence-corrected chi connectivity index (χ0v) is 22.1. The second kappa shape index (κ2) is 11.2. The summed E-state index contributed by atoms with van der Waals surface area (Å²) in [5.74, 6) is 2.51. The summed E-state index contributed by atoms with van der Waals surface area (Å²) in [6.45, 7) is 3.77. The molecule has 0 aliphatic carbocycles. The van der Waals surface area contributed by atoms with Crippen LogP contribution in [0.2, 0.25) is 0 Å². The van der Waals surface area contributed by atoms with Gasteiger partial charge in [0.1, 0.15) is 11.5 Å². The third-order valence-electron chi connectivity index (χ3n) is 5.54. The van der Waals surface area contributed by atoms with Gasteiger partial charge < -0.3 is 9.47 Å². The molecule has 36 heavy (non-hydrogen) atoms. The van der Waals surface area contributed by atoms with E-state index in [2.05, 4.69) is 14.9 Å². The molecule has 0 saturated heterocycles. The van der Waals surface area contributed by atoms with Gasteiger partial charge in [0, 0.05) is 11.4 Å². The Hall–Kier alpha value is -3.34. The average molecular weight is 525 g/mol. The maximum atomic E-state index is 13.1. The van der Waals surface area contributed by atoms with E-state index in [0.717, 1.165) is 22.6 Å². The molecule has 0 fully saturated rings. The highest BCUT2D eigenvalue weighted by molar-refractivity contribution is 7.98. The lowest BCUT2D eigenvalue weighted by Gasteiger charge is -2.17. The van der Waals surface area contributed by atoms with E-state index in [0.29, 0.717) is 22.5 Å². The molecule has 1 aromatic heterocycles. The van der Waals surface area contributed by atoms with Gasteiger partial charge in [-0.3, -0.25) is 4.57 Å². The van der Waals surface area contributed by atoms with E-state index in [1.54, 1.807) is 26.2 Å². The number of benzene rings is 3. The van der Waals surface area contributed by atoms with E-state index in [1.165, 1.54) is 31.0 Å². The number of aryl methyl sites for hydroxylation is 1. The average Bonchev–Trinajstić information content (AvgIpc) is 3.32. The van der Waals surface area contributed by atoms with Gasteiger partial charge in [0.05, 0.1) is 25.2 Å². The number of rotatable bonds is 10. The number of sulfonamides is 1. The zero-order chi connectivity index (χ0) is 25.7. The normalized spacial score (nSPS) is 12.3. The Balaban J connectivity index is 1.63. The van der Waals surface area contributed by atoms with Crippen LogP contribution in [0.15, 0.2) is 82.8 Å². The molecule has 0 bridgehead atoms. The van der Waals surface area contributed by atoms with Crippen molar-refractivity contribution >= 4 is 21.8 Å². The predicted octanol–water partition coefficient (Wildman–Crippen LogP) is 4.92. The Morgan fingerprint density at radius 2 is 1.64 bits per heavy atom. The van der Waals surface area contributed by atoms with Gasteiger partial charge in [-0.2, -0.15) is 0 Å². The van der Waals surface area contributed by atoms with Crippen LogP contribution in [0.4, 0.5) is 0 Å². The third-order valence-corrected chi connectivity index (χ3v) is 8.10. The van der Waals surface area contributed by atoms with Crippen LogP contribution < -0.4 is 14.2 Å². The summed E-state index contributed by atoms with van der Waals surface area (Å²) in [5.41, 5.74) is 3.05. The van der Waals surface area contributed by atoms with Crippen molar-refractivity contribution in [1.82, 2.24) is 19.5 Å². The van der Waals surface area contributed by atoms with Crippen molar-refractivity contribution in [3.8, 4) is 17.2 Å². The molecule has 0 saturated carbocycles. The van der Waals surface area contributed by atoms with Crippen LogP contribution in [0, 0.1) is 6.92 Å². The number of thioether (sulfide) groups is 1. The van der Waals surface area contributed by atoms with Gasteiger partial charge >= 0.3 is 0 Å². The van der Waals surface area contributed by atoms with E-state index in [1.807, 2.05) is 60.0 Å². The maximum Gasteiger partial charge on any atom is 0.241 e. The fraction of sp³-hybridized carbons (Fsp3) is 0.231. The number of hydrogen-bond acceptors (Lipinski definition) is 7. The van der Waals surface area contributed by atoms with Crippen molar-refractivity contribution in [1.29, 1.82) is 0 Å². The van der Waals surface area contributed by atoms with Crippen molar-refractivity contribution in [2.45, 2.75) is 35.7 Å². The standard InChI is InChI=1S/C26H28N4O4S2/c1-18-8-10-21(11-9-18)30-25(19(2)29-36(31,32)24-14-12-22(33-3)13-15-24)27-28-26(30)35-17-20-6-5-7-23(16-20)34-4/h5-16,19,29H,17H2,1-4H3. The molecule has 0 aliphatic rings. The van der Waals surface area contributed by atoms with Crippen molar-refractivity contribution in [3.05, 3.63) is 89.7 Å². The zero-order valence-electron chi connectivity index (χ0n) is 20.5. The summed E-state index contributed by atoms with van der Waals surface area (Å²) in [4.78, 5) is 0.143. The maximum absolute atomic E-state index is 13.1. The van der Waals surface area contributed by atoms with Gasteiger partial charge in [-0.05, 0) is 67.9 Å². The highest BCUT2D eigenvalue weighted by Gasteiger charge is 2.25. The molecule has 1 N–H and O–H groups in total. The van der Waals surface area contributed by atoms with Gasteiger partial charge in [0.2, 0.25) is 10.0 Å². The molecule has 0 amide bonds. The molecule has 0 aliphatic heterocycles. The van der Waals surface area contributed by atoms with Gasteiger partial charge in [-0.1, -0.05) is 41.6 Å². The summed E-state index contributed by atoms with van der Waals surface area (Å²) in [7, 11) is -0.626. The van der Waals surface area contributed by atoms with E-state index >= 15 is 0 Å². The molecule has 10 heteroatoms. The number of ether oxygens (including phenoxy) is 2. The van der Waals surface area contributed by atoms with Gasteiger partial charge in [0.15, 0.2) is 11.0 Å². The van der Waals surface area contributed by atoms with Crippen molar-refractivity contribution in [3.63, 3.8) is 0 Å². The Bertz CT molecular complexity index is 1420. The molecule has 1 atom stereocenters. The lowest BCUT2D eigenvalue weighted by atomic mass is 10.2. The summed E-state index contributed by atoms with van der Waals surface area (Å²) in [6, 6.07) is 21.4. The van der Waals surface area contributed by atoms with Gasteiger partial charge in [-0.15, -0.1) is 10.2 Å². The summed E-state index contributed by atoms with van der Waals surface area (Å²) in [5, 5.41) is 9.46. The lowest BCUT2D eigenvalue weighted by Crippen LogP contribution is -2.28. The van der Waals surface area contributed by atoms with Gasteiger partial charge in [0.25, 0.3) is 0 Å². The second-order valence-electron chi connectivity index (χ2n) is 8.17. The fourth-order valence-electron chi connectivity index (χ4n) is 3.61. The molecule has 4 rings (SSSR count). The highest BCUT2D eigenvalue weighted by atomic mass is 32.2. The number of nitrogens with one attached hydrogen (secondary N) is 1. The first-order valence-electron chi connectivity index (χ1n) is 11.2. The number of aromatic nitrogens is 3. The highest BCUT2D eigenvalue weighted by Crippen LogP contribution is 2.29. The van der Waals surface area contributed by atoms with E-state index in [9.17, 15) is 8.42 Å². The Morgan fingerprint density at radius 1 is 0.944 bits per heavy atom. The smallest absolute Gasteiger partial charge is 0.241 e. The third kappa shape index (κ3) is 5.89. The number of nitrogens with zero attached hydrogens (tertiary/aromatic N) is 3. The van der Waals surface area contributed by atoms with E-state index in [4.69, 9.17) is 9.47 Å². The van der Waals surface area contributed by atoms with Crippen LogP contribution in [0.5, 0.6) is 11.5 Å². The minimum absolute atomic E-state index is 0.143. The largest absolute Gasteiger partial charge is 0.497 e.